The fraction of sp³-hybridized carbons (Fsp3) is 0.931. The van der Waals surface area contributed by atoms with E-state index in [1.165, 1.54) is 39.5 Å². The van der Waals surface area contributed by atoms with Gasteiger partial charge in [0, 0.05) is 11.8 Å². The van der Waals surface area contributed by atoms with Crippen LogP contribution >= 0.6 is 0 Å². The third kappa shape index (κ3) is 6.09. The van der Waals surface area contributed by atoms with Gasteiger partial charge in [-0.15, -0.1) is 0 Å². The number of carbonyl (C=O) groups excluding carboxylic acids is 2. The van der Waals surface area contributed by atoms with E-state index in [2.05, 4.69) is 25.5 Å². The number of carbonyl (C=O) groups is 2. The number of fused-ring (bicyclic) bond motifs is 4. The summed E-state index contributed by atoms with van der Waals surface area (Å²) in [5.41, 5.74) is -8.04. The largest absolute Gasteiger partial charge is 0.446 e. The van der Waals surface area contributed by atoms with Gasteiger partial charge in [0.1, 0.15) is 0 Å². The number of rotatable bonds is 9. The van der Waals surface area contributed by atoms with E-state index in [1.807, 2.05) is 0 Å². The highest BCUT2D eigenvalue weighted by atomic mass is 19.4. The van der Waals surface area contributed by atoms with Gasteiger partial charge in [0.05, 0.1) is 5.92 Å². The summed E-state index contributed by atoms with van der Waals surface area (Å²) in [7, 11) is 0. The van der Waals surface area contributed by atoms with Gasteiger partial charge in [0.15, 0.2) is 0 Å². The molecule has 10 heteroatoms. The average molecular weight is 571 g/mol. The highest BCUT2D eigenvalue weighted by molar-refractivity contribution is 5.91. The van der Waals surface area contributed by atoms with Gasteiger partial charge in [-0.05, 0) is 62.2 Å². The summed E-state index contributed by atoms with van der Waals surface area (Å²) in [6.07, 6.45) is -6.16. The van der Waals surface area contributed by atoms with Gasteiger partial charge < -0.3 is 9.47 Å². The first-order valence-electron chi connectivity index (χ1n) is 14.5. The lowest BCUT2D eigenvalue weighted by Gasteiger charge is -2.40. The second-order valence-corrected chi connectivity index (χ2v) is 13.4. The maximum absolute atomic E-state index is 14.0. The van der Waals surface area contributed by atoms with Crippen LogP contribution in [0.2, 0.25) is 0 Å². The van der Waals surface area contributed by atoms with Crippen molar-refractivity contribution >= 4 is 11.9 Å². The van der Waals surface area contributed by atoms with Gasteiger partial charge in [-0.1, -0.05) is 66.7 Å². The standard InChI is InChI=1S/C25H34F6O4.C4H10/c1-21(2)18-10-12-22(21,34-19(18)32)20(33)35-23(24(26,27)28,25(29,30)31)11-6-4-3-5-7-16-13-15-8-9-17(16)14-15;1-4(2)3/h15-18H,3-14H2,1-2H3;4H,1-3H3. The fourth-order valence-electron chi connectivity index (χ4n) is 7.27. The molecule has 226 valence electrons. The minimum Gasteiger partial charge on any atom is -0.446 e. The number of esters is 2. The van der Waals surface area contributed by atoms with Crippen molar-refractivity contribution in [1.82, 2.24) is 0 Å². The van der Waals surface area contributed by atoms with Gasteiger partial charge >= 0.3 is 29.9 Å². The average Bonchev–Trinajstić information content (AvgIpc) is 3.51. The molecule has 0 spiro atoms. The molecule has 0 radical (unpaired) electrons. The number of alkyl halides is 6. The van der Waals surface area contributed by atoms with E-state index in [0.717, 1.165) is 30.6 Å². The summed E-state index contributed by atoms with van der Waals surface area (Å²) in [5.74, 6) is -0.342. The quantitative estimate of drug-likeness (QED) is 0.158. The first kappa shape index (κ1) is 32.0. The second-order valence-electron chi connectivity index (χ2n) is 13.4. The Hall–Kier alpha value is -1.48. The molecule has 3 saturated carbocycles. The first-order valence-corrected chi connectivity index (χ1v) is 14.5. The van der Waals surface area contributed by atoms with E-state index in [9.17, 15) is 35.9 Å². The lowest BCUT2D eigenvalue weighted by Crippen LogP contribution is -2.62. The molecule has 4 aliphatic rings. The Morgan fingerprint density at radius 1 is 0.949 bits per heavy atom. The van der Waals surface area contributed by atoms with Crippen LogP contribution in [0.25, 0.3) is 0 Å². The van der Waals surface area contributed by atoms with Crippen molar-refractivity contribution in [3.8, 4) is 0 Å². The van der Waals surface area contributed by atoms with Crippen molar-refractivity contribution in [3.05, 3.63) is 0 Å². The molecule has 0 amide bonds. The Bertz CT molecular complexity index is 863. The number of unbranched alkanes of at least 4 members (excludes halogenated alkanes) is 3. The molecule has 4 rings (SSSR count). The van der Waals surface area contributed by atoms with Crippen LogP contribution in [-0.2, 0) is 19.1 Å². The monoisotopic (exact) mass is 570 g/mol. The zero-order valence-corrected chi connectivity index (χ0v) is 23.8. The van der Waals surface area contributed by atoms with E-state index in [-0.39, 0.29) is 25.7 Å². The molecule has 4 nitrogen and oxygen atoms in total. The lowest BCUT2D eigenvalue weighted by atomic mass is 9.74. The highest BCUT2D eigenvalue weighted by Crippen LogP contribution is 2.60. The van der Waals surface area contributed by atoms with Crippen LogP contribution in [0.15, 0.2) is 0 Å². The van der Waals surface area contributed by atoms with Crippen molar-refractivity contribution in [1.29, 1.82) is 0 Å². The molecule has 39 heavy (non-hydrogen) atoms. The zero-order chi connectivity index (χ0) is 29.4. The third-order valence-corrected chi connectivity index (χ3v) is 9.51. The van der Waals surface area contributed by atoms with Crippen LogP contribution in [0.1, 0.15) is 112 Å². The van der Waals surface area contributed by atoms with Crippen LogP contribution in [-0.4, -0.2) is 35.5 Å². The predicted octanol–water partition coefficient (Wildman–Crippen LogP) is 8.56. The van der Waals surface area contributed by atoms with Gasteiger partial charge in [-0.25, -0.2) is 4.79 Å². The second kappa shape index (κ2) is 11.4. The SMILES string of the molecule is CC(C)C.CC1(C)C2CCC1(C(=O)OC(CCCCCCC1CC3CCC1C3)(C(F)(F)F)C(F)(F)F)OC2=O. The van der Waals surface area contributed by atoms with Gasteiger partial charge in [0.2, 0.25) is 5.60 Å². The van der Waals surface area contributed by atoms with Gasteiger partial charge in [-0.2, -0.15) is 26.3 Å². The molecule has 4 bridgehead atoms. The topological polar surface area (TPSA) is 52.6 Å². The summed E-state index contributed by atoms with van der Waals surface area (Å²) in [6.45, 7) is 9.38. The van der Waals surface area contributed by atoms with E-state index in [4.69, 9.17) is 4.74 Å². The Balaban J connectivity index is 0.000000983. The van der Waals surface area contributed by atoms with Crippen LogP contribution in [0, 0.1) is 35.0 Å². The Kier molecular flexibility index (Phi) is 9.38. The zero-order valence-electron chi connectivity index (χ0n) is 23.8. The van der Waals surface area contributed by atoms with E-state index >= 15 is 0 Å². The number of halogens is 6. The molecule has 4 fully saturated rings. The number of ether oxygens (including phenoxy) is 2. The summed E-state index contributed by atoms with van der Waals surface area (Å²) < 4.78 is 93.4. The maximum Gasteiger partial charge on any atom is 0.437 e. The Morgan fingerprint density at radius 2 is 1.54 bits per heavy atom. The van der Waals surface area contributed by atoms with Crippen LogP contribution in [0.3, 0.4) is 0 Å². The first-order chi connectivity index (χ1) is 17.9. The Morgan fingerprint density at radius 3 is 1.97 bits per heavy atom. The Labute approximate surface area is 227 Å². The van der Waals surface area contributed by atoms with Crippen molar-refractivity contribution in [2.45, 2.75) is 135 Å². The molecule has 5 atom stereocenters. The lowest BCUT2D eigenvalue weighted by molar-refractivity contribution is -0.374. The van der Waals surface area contributed by atoms with Crippen molar-refractivity contribution in [2.24, 2.45) is 35.0 Å². The number of hydrogen-bond donors (Lipinski definition) is 0. The molecular weight excluding hydrogens is 526 g/mol. The molecule has 0 aromatic rings. The minimum absolute atomic E-state index is 0.147. The molecule has 1 heterocycles. The third-order valence-electron chi connectivity index (χ3n) is 9.51. The van der Waals surface area contributed by atoms with Crippen molar-refractivity contribution in [2.75, 3.05) is 0 Å². The van der Waals surface area contributed by atoms with E-state index < -0.39 is 53.2 Å². The van der Waals surface area contributed by atoms with E-state index in [1.54, 1.807) is 0 Å². The molecule has 3 aliphatic carbocycles. The molecule has 0 aromatic carbocycles. The van der Waals surface area contributed by atoms with E-state index in [0.29, 0.717) is 12.3 Å². The molecule has 1 aliphatic heterocycles. The summed E-state index contributed by atoms with van der Waals surface area (Å²) >= 11 is 0. The summed E-state index contributed by atoms with van der Waals surface area (Å²) in [4.78, 5) is 25.0. The van der Waals surface area contributed by atoms with Gasteiger partial charge in [-0.3, -0.25) is 4.79 Å². The smallest absolute Gasteiger partial charge is 0.437 e. The van der Waals surface area contributed by atoms with Crippen molar-refractivity contribution < 1.29 is 45.4 Å². The molecule has 0 aromatic heterocycles. The molecule has 0 N–H and O–H groups in total. The molecular formula is C29H44F6O4. The van der Waals surface area contributed by atoms with Crippen molar-refractivity contribution in [3.63, 3.8) is 0 Å². The van der Waals surface area contributed by atoms with Crippen LogP contribution in [0.5, 0.6) is 0 Å². The number of hydrogen-bond acceptors (Lipinski definition) is 4. The normalized spacial score (nSPS) is 31.3. The summed E-state index contributed by atoms with van der Waals surface area (Å²) in [5, 5.41) is 0. The van der Waals surface area contributed by atoms with Crippen LogP contribution < -0.4 is 0 Å². The van der Waals surface area contributed by atoms with Crippen LogP contribution in [0.4, 0.5) is 26.3 Å². The predicted molar refractivity (Wildman–Crippen MR) is 133 cm³/mol. The maximum atomic E-state index is 14.0. The molecule has 1 saturated heterocycles. The summed E-state index contributed by atoms with van der Waals surface area (Å²) in [6, 6.07) is 0. The minimum atomic E-state index is -5.87. The molecule has 5 unspecified atom stereocenters. The van der Waals surface area contributed by atoms with Gasteiger partial charge in [0.25, 0.3) is 0 Å². The highest BCUT2D eigenvalue weighted by Gasteiger charge is 2.77. The fourth-order valence-corrected chi connectivity index (χ4v) is 7.27.